The van der Waals surface area contributed by atoms with Gasteiger partial charge in [-0.05, 0) is 29.8 Å². The number of fused-ring (bicyclic) bond motifs is 1. The summed E-state index contributed by atoms with van der Waals surface area (Å²) in [5, 5.41) is 5.28. The maximum absolute atomic E-state index is 12.5. The molecule has 0 aliphatic heterocycles. The van der Waals surface area contributed by atoms with E-state index in [1.165, 1.54) is 6.20 Å². The number of amides is 1. The van der Waals surface area contributed by atoms with Crippen molar-refractivity contribution >= 4 is 28.4 Å². The molecule has 1 amide bonds. The molecule has 0 saturated carbocycles. The molecule has 3 rings (SSSR count). The van der Waals surface area contributed by atoms with Gasteiger partial charge in [0.25, 0.3) is 0 Å². The minimum Gasteiger partial charge on any atom is -0.340 e. The number of benzene rings is 2. The lowest BCUT2D eigenvalue weighted by molar-refractivity contribution is -0.131. The minimum atomic E-state index is -0.151. The number of hydrogen-bond acceptors (Lipinski definition) is 3. The van der Waals surface area contributed by atoms with Crippen LogP contribution in [0.2, 0.25) is 5.02 Å². The molecule has 0 unspecified atom stereocenters. The van der Waals surface area contributed by atoms with Crippen molar-refractivity contribution in [2.24, 2.45) is 0 Å². The molecular formula is C18H16ClN3O2. The fourth-order valence-electron chi connectivity index (χ4n) is 2.53. The van der Waals surface area contributed by atoms with Gasteiger partial charge in [-0.3, -0.25) is 14.3 Å². The molecular weight excluding hydrogens is 326 g/mol. The maximum Gasteiger partial charge on any atom is 0.244 e. The fraction of sp³-hybridized carbons (Fsp3) is 0.167. The fourth-order valence-corrected chi connectivity index (χ4v) is 2.75. The van der Waals surface area contributed by atoms with Gasteiger partial charge in [0.2, 0.25) is 11.3 Å². The Morgan fingerprint density at radius 2 is 2.00 bits per heavy atom. The zero-order valence-corrected chi connectivity index (χ0v) is 13.9. The highest BCUT2D eigenvalue weighted by molar-refractivity contribution is 6.30. The average molecular weight is 342 g/mol. The monoisotopic (exact) mass is 341 g/mol. The molecule has 0 N–H and O–H groups in total. The Morgan fingerprint density at radius 3 is 2.79 bits per heavy atom. The predicted molar refractivity (Wildman–Crippen MR) is 93.9 cm³/mol. The number of para-hydroxylation sites is 1. The number of aromatic nitrogens is 2. The second-order valence-electron chi connectivity index (χ2n) is 5.56. The Kier molecular flexibility index (Phi) is 4.62. The predicted octanol–water partition coefficient (Wildman–Crippen LogP) is 2.71. The number of halogens is 1. The summed E-state index contributed by atoms with van der Waals surface area (Å²) in [7, 11) is 1.73. The van der Waals surface area contributed by atoms with Crippen LogP contribution in [0.1, 0.15) is 5.56 Å². The third-order valence-electron chi connectivity index (χ3n) is 3.78. The minimum absolute atomic E-state index is 0.0673. The Labute approximate surface area is 144 Å². The van der Waals surface area contributed by atoms with E-state index in [4.69, 9.17) is 11.6 Å². The first kappa shape index (κ1) is 16.2. The van der Waals surface area contributed by atoms with Crippen molar-refractivity contribution in [1.29, 1.82) is 0 Å². The number of carbonyl (C=O) groups excluding carboxylic acids is 1. The molecule has 6 heteroatoms. The quantitative estimate of drug-likeness (QED) is 0.733. The van der Waals surface area contributed by atoms with E-state index in [0.29, 0.717) is 22.5 Å². The van der Waals surface area contributed by atoms with Gasteiger partial charge in [0.15, 0.2) is 0 Å². The molecule has 0 spiro atoms. The zero-order valence-electron chi connectivity index (χ0n) is 13.1. The normalized spacial score (nSPS) is 10.8. The van der Waals surface area contributed by atoms with Gasteiger partial charge in [-0.15, -0.1) is 0 Å². The summed E-state index contributed by atoms with van der Waals surface area (Å²) in [6.45, 7) is 0.523. The molecule has 0 bridgehead atoms. The van der Waals surface area contributed by atoms with Crippen molar-refractivity contribution < 1.29 is 4.79 Å². The topological polar surface area (TPSA) is 55.2 Å². The lowest BCUT2D eigenvalue weighted by Crippen LogP contribution is -2.31. The van der Waals surface area contributed by atoms with E-state index in [1.54, 1.807) is 40.9 Å². The second-order valence-corrected chi connectivity index (χ2v) is 6.00. The van der Waals surface area contributed by atoms with E-state index in [1.807, 2.05) is 24.3 Å². The second kappa shape index (κ2) is 6.84. The number of rotatable bonds is 4. The highest BCUT2D eigenvalue weighted by Gasteiger charge is 2.12. The van der Waals surface area contributed by atoms with Crippen molar-refractivity contribution in [2.75, 3.05) is 7.05 Å². The molecule has 24 heavy (non-hydrogen) atoms. The summed E-state index contributed by atoms with van der Waals surface area (Å²) in [6, 6.07) is 14.5. The van der Waals surface area contributed by atoms with Gasteiger partial charge in [0.1, 0.15) is 6.54 Å². The molecule has 0 fully saturated rings. The first-order valence-corrected chi connectivity index (χ1v) is 7.85. The Bertz CT molecular complexity index is 952. The molecule has 1 heterocycles. The highest BCUT2D eigenvalue weighted by atomic mass is 35.5. The van der Waals surface area contributed by atoms with Crippen LogP contribution in [0.5, 0.6) is 0 Å². The van der Waals surface area contributed by atoms with Crippen LogP contribution >= 0.6 is 11.6 Å². The van der Waals surface area contributed by atoms with Crippen LogP contribution < -0.4 is 5.43 Å². The number of nitrogens with zero attached hydrogens (tertiary/aromatic N) is 3. The molecule has 2 aromatic carbocycles. The molecule has 0 aliphatic carbocycles. The maximum atomic E-state index is 12.5. The highest BCUT2D eigenvalue weighted by Crippen LogP contribution is 2.13. The number of hydrogen-bond donors (Lipinski definition) is 0. The molecule has 0 radical (unpaired) electrons. The Hall–Kier alpha value is -2.66. The van der Waals surface area contributed by atoms with Gasteiger partial charge in [0, 0.05) is 24.0 Å². The Balaban J connectivity index is 1.80. The first-order valence-electron chi connectivity index (χ1n) is 7.48. The van der Waals surface area contributed by atoms with Crippen LogP contribution in [0.15, 0.2) is 59.5 Å². The van der Waals surface area contributed by atoms with Crippen LogP contribution in [-0.2, 0) is 17.9 Å². The van der Waals surface area contributed by atoms with Crippen LogP contribution in [0.25, 0.3) is 10.9 Å². The standard InChI is InChI=1S/C18H16ClN3O2/c1-21(11-13-5-4-6-14(19)9-13)18(24)12-22-16-8-3-2-7-15(16)17(23)10-20-22/h2-10H,11-12H2,1H3. The molecule has 0 saturated heterocycles. The van der Waals surface area contributed by atoms with Crippen LogP contribution in [0.4, 0.5) is 0 Å². The molecule has 0 aliphatic rings. The molecule has 3 aromatic rings. The van der Waals surface area contributed by atoms with Crippen LogP contribution in [0, 0.1) is 0 Å². The van der Waals surface area contributed by atoms with E-state index in [0.717, 1.165) is 5.56 Å². The molecule has 122 valence electrons. The summed E-state index contributed by atoms with van der Waals surface area (Å²) in [6.07, 6.45) is 1.24. The van der Waals surface area contributed by atoms with E-state index in [9.17, 15) is 9.59 Å². The largest absolute Gasteiger partial charge is 0.340 e. The van der Waals surface area contributed by atoms with Gasteiger partial charge in [-0.1, -0.05) is 35.9 Å². The van der Waals surface area contributed by atoms with Crippen molar-refractivity contribution in [2.45, 2.75) is 13.1 Å². The summed E-state index contributed by atoms with van der Waals surface area (Å²) in [5.74, 6) is -0.101. The van der Waals surface area contributed by atoms with Gasteiger partial charge in [-0.25, -0.2) is 0 Å². The third-order valence-corrected chi connectivity index (χ3v) is 4.02. The summed E-state index contributed by atoms with van der Waals surface area (Å²) in [5.41, 5.74) is 1.45. The summed E-state index contributed by atoms with van der Waals surface area (Å²) >= 11 is 5.97. The van der Waals surface area contributed by atoms with Crippen LogP contribution in [0.3, 0.4) is 0 Å². The van der Waals surface area contributed by atoms with Gasteiger partial charge >= 0.3 is 0 Å². The van der Waals surface area contributed by atoms with E-state index in [-0.39, 0.29) is 17.9 Å². The Morgan fingerprint density at radius 1 is 1.21 bits per heavy atom. The van der Waals surface area contributed by atoms with Crippen molar-refractivity contribution in [3.8, 4) is 0 Å². The van der Waals surface area contributed by atoms with E-state index >= 15 is 0 Å². The SMILES string of the molecule is CN(Cc1cccc(Cl)c1)C(=O)Cn1ncc(=O)c2ccccc21. The summed E-state index contributed by atoms with van der Waals surface area (Å²) < 4.78 is 1.55. The van der Waals surface area contributed by atoms with Crippen molar-refractivity contribution in [1.82, 2.24) is 14.7 Å². The van der Waals surface area contributed by atoms with Crippen molar-refractivity contribution in [3.63, 3.8) is 0 Å². The first-order chi connectivity index (χ1) is 11.5. The lowest BCUT2D eigenvalue weighted by atomic mass is 10.2. The molecule has 5 nitrogen and oxygen atoms in total. The lowest BCUT2D eigenvalue weighted by Gasteiger charge is -2.18. The van der Waals surface area contributed by atoms with Gasteiger partial charge in [0.05, 0.1) is 11.7 Å². The number of likely N-dealkylation sites (N-methyl/N-ethyl adjacent to an activating group) is 1. The molecule has 1 aromatic heterocycles. The smallest absolute Gasteiger partial charge is 0.244 e. The zero-order chi connectivity index (χ0) is 17.1. The van der Waals surface area contributed by atoms with Crippen LogP contribution in [-0.4, -0.2) is 27.6 Å². The molecule has 0 atom stereocenters. The van der Waals surface area contributed by atoms with Gasteiger partial charge in [-0.2, -0.15) is 5.10 Å². The average Bonchev–Trinajstić information content (AvgIpc) is 2.57. The third kappa shape index (κ3) is 3.46. The van der Waals surface area contributed by atoms with Gasteiger partial charge < -0.3 is 4.90 Å². The van der Waals surface area contributed by atoms with Crippen molar-refractivity contribution in [3.05, 3.63) is 75.5 Å². The van der Waals surface area contributed by atoms with E-state index < -0.39 is 0 Å². The number of carbonyl (C=O) groups is 1. The van der Waals surface area contributed by atoms with E-state index in [2.05, 4.69) is 5.10 Å². The summed E-state index contributed by atoms with van der Waals surface area (Å²) in [4.78, 5) is 25.9.